The summed E-state index contributed by atoms with van der Waals surface area (Å²) in [6.45, 7) is 4.60. The number of rotatable bonds is 9. The van der Waals surface area contributed by atoms with Gasteiger partial charge in [-0.3, -0.25) is 4.79 Å². The largest absolute Gasteiger partial charge is 0.379 e. The van der Waals surface area contributed by atoms with E-state index in [-0.39, 0.29) is 41.9 Å². The Morgan fingerprint density at radius 3 is 2.24 bits per heavy atom. The van der Waals surface area contributed by atoms with Crippen LogP contribution in [0.3, 0.4) is 0 Å². The second-order valence-corrected chi connectivity index (χ2v) is 11.7. The Morgan fingerprint density at radius 2 is 1.58 bits per heavy atom. The smallest absolute Gasteiger partial charge is 0.252 e. The molecule has 0 saturated carbocycles. The number of nitrogens with one attached hydrogen (secondary N) is 2. The number of benzene rings is 2. The fourth-order valence-corrected chi connectivity index (χ4v) is 6.64. The fraction of sp³-hybridized carbons (Fsp3) is 0.409. The summed E-state index contributed by atoms with van der Waals surface area (Å²) in [5.41, 5.74) is 1.23. The van der Waals surface area contributed by atoms with E-state index >= 15 is 0 Å². The number of carbonyl (C=O) groups excluding carboxylic acids is 1. The standard InChI is InChI=1S/C22H29N3O6S2/c1-17(2)24-32(27,28)16-19-8-4-3-7-18(19)15-23-22(26)20-9-5-6-10-21(20)33(29,30)25-11-13-31-14-12-25/h3-10,17,24H,11-16H2,1-2H3,(H,23,26). The molecule has 33 heavy (non-hydrogen) atoms. The van der Waals surface area contributed by atoms with Crippen LogP contribution in [0.4, 0.5) is 0 Å². The molecule has 180 valence electrons. The van der Waals surface area contributed by atoms with Gasteiger partial charge in [-0.1, -0.05) is 36.4 Å². The van der Waals surface area contributed by atoms with E-state index in [2.05, 4.69) is 10.0 Å². The molecule has 1 heterocycles. The quantitative estimate of drug-likeness (QED) is 0.543. The lowest BCUT2D eigenvalue weighted by molar-refractivity contribution is 0.0730. The maximum Gasteiger partial charge on any atom is 0.252 e. The molecular weight excluding hydrogens is 466 g/mol. The summed E-state index contributed by atoms with van der Waals surface area (Å²) in [7, 11) is -7.40. The Balaban J connectivity index is 1.78. The Kier molecular flexibility index (Phi) is 8.24. The minimum Gasteiger partial charge on any atom is -0.379 e. The van der Waals surface area contributed by atoms with Crippen LogP contribution in [-0.4, -0.2) is 59.4 Å². The molecule has 1 saturated heterocycles. The molecule has 11 heteroatoms. The molecule has 2 aromatic rings. The summed E-state index contributed by atoms with van der Waals surface area (Å²) >= 11 is 0. The molecule has 0 spiro atoms. The first-order valence-corrected chi connectivity index (χ1v) is 13.7. The highest BCUT2D eigenvalue weighted by Crippen LogP contribution is 2.21. The maximum absolute atomic E-state index is 13.1. The molecule has 0 bridgehead atoms. The van der Waals surface area contributed by atoms with E-state index < -0.39 is 26.0 Å². The molecule has 0 radical (unpaired) electrons. The van der Waals surface area contributed by atoms with Crippen LogP contribution in [0.25, 0.3) is 0 Å². The van der Waals surface area contributed by atoms with Crippen molar-refractivity contribution >= 4 is 26.0 Å². The zero-order valence-electron chi connectivity index (χ0n) is 18.7. The molecule has 9 nitrogen and oxygen atoms in total. The van der Waals surface area contributed by atoms with Crippen molar-refractivity contribution in [1.29, 1.82) is 0 Å². The highest BCUT2D eigenvalue weighted by molar-refractivity contribution is 7.89. The van der Waals surface area contributed by atoms with Crippen molar-refractivity contribution < 1.29 is 26.4 Å². The third kappa shape index (κ3) is 6.61. The first kappa shape index (κ1) is 25.3. The van der Waals surface area contributed by atoms with Gasteiger partial charge >= 0.3 is 0 Å². The molecule has 1 aliphatic rings. The van der Waals surface area contributed by atoms with Crippen molar-refractivity contribution in [2.75, 3.05) is 26.3 Å². The Labute approximate surface area is 195 Å². The normalized spacial score (nSPS) is 15.5. The van der Waals surface area contributed by atoms with Gasteiger partial charge in [0.2, 0.25) is 20.0 Å². The second kappa shape index (κ2) is 10.7. The molecular formula is C22H29N3O6S2. The van der Waals surface area contributed by atoms with Crippen molar-refractivity contribution in [1.82, 2.24) is 14.3 Å². The van der Waals surface area contributed by atoms with Gasteiger partial charge in [0, 0.05) is 25.7 Å². The van der Waals surface area contributed by atoms with Crippen molar-refractivity contribution in [3.8, 4) is 0 Å². The van der Waals surface area contributed by atoms with Gasteiger partial charge in [0.15, 0.2) is 0 Å². The van der Waals surface area contributed by atoms with Crippen LogP contribution in [0.5, 0.6) is 0 Å². The molecule has 0 unspecified atom stereocenters. The summed E-state index contributed by atoms with van der Waals surface area (Å²) in [6.07, 6.45) is 0. The SMILES string of the molecule is CC(C)NS(=O)(=O)Cc1ccccc1CNC(=O)c1ccccc1S(=O)(=O)N1CCOCC1. The highest BCUT2D eigenvalue weighted by atomic mass is 32.2. The Hall–Kier alpha value is -2.31. The average molecular weight is 496 g/mol. The van der Waals surface area contributed by atoms with E-state index in [0.717, 1.165) is 0 Å². The lowest BCUT2D eigenvalue weighted by atomic mass is 10.1. The fourth-order valence-electron chi connectivity index (χ4n) is 3.55. The van der Waals surface area contributed by atoms with Crippen molar-refractivity contribution in [3.63, 3.8) is 0 Å². The van der Waals surface area contributed by atoms with Crippen molar-refractivity contribution in [2.24, 2.45) is 0 Å². The zero-order chi connectivity index (χ0) is 24.1. The van der Waals surface area contributed by atoms with Gasteiger partial charge in [-0.25, -0.2) is 21.6 Å². The first-order chi connectivity index (χ1) is 15.6. The van der Waals surface area contributed by atoms with E-state index in [4.69, 9.17) is 4.74 Å². The van der Waals surface area contributed by atoms with Gasteiger partial charge in [-0.15, -0.1) is 0 Å². The van der Waals surface area contributed by atoms with Gasteiger partial charge < -0.3 is 10.1 Å². The third-order valence-electron chi connectivity index (χ3n) is 5.04. The molecule has 1 aliphatic heterocycles. The molecule has 0 aliphatic carbocycles. The number of nitrogens with zero attached hydrogens (tertiary/aromatic N) is 1. The number of amides is 1. The van der Waals surface area contributed by atoms with Gasteiger partial charge in [-0.2, -0.15) is 4.31 Å². The Bertz CT molecular complexity index is 1190. The molecule has 0 aromatic heterocycles. The summed E-state index contributed by atoms with van der Waals surface area (Å²) in [5, 5.41) is 2.74. The van der Waals surface area contributed by atoms with Gasteiger partial charge in [0.05, 0.1) is 29.4 Å². The van der Waals surface area contributed by atoms with Crippen molar-refractivity contribution in [2.45, 2.75) is 37.1 Å². The van der Waals surface area contributed by atoms with Gasteiger partial charge in [-0.05, 0) is 37.1 Å². The summed E-state index contributed by atoms with van der Waals surface area (Å²) in [6, 6.07) is 12.7. The molecule has 2 aromatic carbocycles. The summed E-state index contributed by atoms with van der Waals surface area (Å²) in [5.74, 6) is -0.778. The van der Waals surface area contributed by atoms with Crippen LogP contribution in [0.15, 0.2) is 53.4 Å². The molecule has 1 amide bonds. The minimum absolute atomic E-state index is 0.0376. The topological polar surface area (TPSA) is 122 Å². The number of morpholine rings is 1. The molecule has 1 fully saturated rings. The molecule has 0 atom stereocenters. The highest BCUT2D eigenvalue weighted by Gasteiger charge is 2.30. The van der Waals surface area contributed by atoms with Crippen LogP contribution in [0.2, 0.25) is 0 Å². The van der Waals surface area contributed by atoms with Crippen LogP contribution in [0.1, 0.15) is 35.3 Å². The summed E-state index contributed by atoms with van der Waals surface area (Å²) in [4.78, 5) is 12.9. The number of sulfonamides is 2. The number of hydrogen-bond donors (Lipinski definition) is 2. The predicted molar refractivity (Wildman–Crippen MR) is 125 cm³/mol. The average Bonchev–Trinajstić information content (AvgIpc) is 2.77. The monoisotopic (exact) mass is 495 g/mol. The van der Waals surface area contributed by atoms with E-state index in [0.29, 0.717) is 24.3 Å². The minimum atomic E-state index is -3.86. The number of hydrogen-bond acceptors (Lipinski definition) is 6. The lowest BCUT2D eigenvalue weighted by Crippen LogP contribution is -2.41. The van der Waals surface area contributed by atoms with Gasteiger partial charge in [0.1, 0.15) is 0 Å². The van der Waals surface area contributed by atoms with E-state index in [1.807, 2.05) is 0 Å². The second-order valence-electron chi connectivity index (χ2n) is 8.00. The number of carbonyl (C=O) groups is 1. The maximum atomic E-state index is 13.1. The van der Waals surface area contributed by atoms with Crippen LogP contribution in [-0.2, 0) is 37.1 Å². The van der Waals surface area contributed by atoms with Crippen LogP contribution in [0, 0.1) is 0 Å². The van der Waals surface area contributed by atoms with Crippen LogP contribution >= 0.6 is 0 Å². The predicted octanol–water partition coefficient (Wildman–Crippen LogP) is 1.47. The molecule has 3 rings (SSSR count). The third-order valence-corrected chi connectivity index (χ3v) is 8.52. The van der Waals surface area contributed by atoms with E-state index in [1.165, 1.54) is 16.4 Å². The first-order valence-electron chi connectivity index (χ1n) is 10.6. The number of ether oxygens (including phenoxy) is 1. The summed E-state index contributed by atoms with van der Waals surface area (Å²) < 4.78 is 60.0. The van der Waals surface area contributed by atoms with E-state index in [1.54, 1.807) is 50.2 Å². The zero-order valence-corrected chi connectivity index (χ0v) is 20.3. The van der Waals surface area contributed by atoms with E-state index in [9.17, 15) is 21.6 Å². The van der Waals surface area contributed by atoms with Crippen LogP contribution < -0.4 is 10.0 Å². The van der Waals surface area contributed by atoms with Gasteiger partial charge in [0.25, 0.3) is 5.91 Å². The molecule has 2 N–H and O–H groups in total. The van der Waals surface area contributed by atoms with Crippen molar-refractivity contribution in [3.05, 3.63) is 65.2 Å². The lowest BCUT2D eigenvalue weighted by Gasteiger charge is -2.26. The Morgan fingerprint density at radius 1 is 0.970 bits per heavy atom.